The number of piperidine rings is 1. The summed E-state index contributed by atoms with van der Waals surface area (Å²) in [4.78, 5) is 30.0. The molecule has 204 valence electrons. The number of benzene rings is 1. The molecule has 6 atom stereocenters. The molecule has 1 aromatic carbocycles. The maximum Gasteiger partial charge on any atom is 0.411 e. The lowest BCUT2D eigenvalue weighted by Gasteiger charge is -2.53. The van der Waals surface area contributed by atoms with Crippen LogP contribution in [0.4, 0.5) is 20.6 Å². The zero-order chi connectivity index (χ0) is 26.4. The van der Waals surface area contributed by atoms with Crippen molar-refractivity contribution < 1.29 is 23.8 Å². The second-order valence-electron chi connectivity index (χ2n) is 12.4. The van der Waals surface area contributed by atoms with E-state index in [0.717, 1.165) is 57.9 Å². The van der Waals surface area contributed by atoms with Gasteiger partial charge in [0.2, 0.25) is 5.91 Å². The van der Waals surface area contributed by atoms with Crippen LogP contribution in [0.2, 0.25) is 0 Å². The van der Waals surface area contributed by atoms with Crippen molar-refractivity contribution in [2.24, 2.45) is 23.2 Å². The molecule has 2 aliphatic carbocycles. The molecule has 8 heteroatoms. The number of rotatable bonds is 5. The van der Waals surface area contributed by atoms with E-state index in [9.17, 15) is 14.7 Å². The molecule has 2 heterocycles. The van der Waals surface area contributed by atoms with Gasteiger partial charge in [-0.15, -0.1) is 0 Å². The van der Waals surface area contributed by atoms with Gasteiger partial charge in [-0.1, -0.05) is 13.8 Å². The van der Waals surface area contributed by atoms with Crippen molar-refractivity contribution >= 4 is 23.4 Å². The Hall–Kier alpha value is -2.35. The number of halogens is 1. The van der Waals surface area contributed by atoms with Gasteiger partial charge in [0.15, 0.2) is 0 Å². The average molecular weight is 516 g/mol. The SMILES string of the molecule is CCCOC(=O)Nc1ccc(N2CCCC3(CCN(C4(C)CC5CC(C)C(O)C(C5)C4)C3=O)C2)c(F)c1. The number of anilines is 2. The molecule has 0 aromatic heterocycles. The van der Waals surface area contributed by atoms with Crippen LogP contribution in [0.3, 0.4) is 0 Å². The average Bonchev–Trinajstić information content (AvgIpc) is 3.16. The number of aliphatic hydroxyl groups excluding tert-OH is 1. The minimum Gasteiger partial charge on any atom is -0.449 e. The van der Waals surface area contributed by atoms with E-state index in [-0.39, 0.29) is 23.5 Å². The summed E-state index contributed by atoms with van der Waals surface area (Å²) in [6.07, 6.45) is 6.28. The molecular formula is C29H42FN3O4. The zero-order valence-corrected chi connectivity index (χ0v) is 22.5. The summed E-state index contributed by atoms with van der Waals surface area (Å²) in [5.74, 6) is 0.955. The Kier molecular flexibility index (Phi) is 7.16. The van der Waals surface area contributed by atoms with Crippen LogP contribution in [0.5, 0.6) is 0 Å². The maximum absolute atomic E-state index is 15.2. The highest BCUT2D eigenvalue weighted by Crippen LogP contribution is 2.52. The number of nitrogens with zero attached hydrogens (tertiary/aromatic N) is 2. The highest BCUT2D eigenvalue weighted by atomic mass is 19.1. The molecule has 2 bridgehead atoms. The van der Waals surface area contributed by atoms with E-state index in [4.69, 9.17) is 4.74 Å². The topological polar surface area (TPSA) is 82.1 Å². The number of aliphatic hydroxyl groups is 1. The van der Waals surface area contributed by atoms with Gasteiger partial charge >= 0.3 is 6.09 Å². The second-order valence-corrected chi connectivity index (χ2v) is 12.4. The molecule has 1 aromatic rings. The molecule has 2 aliphatic heterocycles. The minimum absolute atomic E-state index is 0.208. The fourth-order valence-corrected chi connectivity index (χ4v) is 7.90. The molecule has 2 saturated heterocycles. The first kappa shape index (κ1) is 26.3. The predicted molar refractivity (Wildman–Crippen MR) is 141 cm³/mol. The first-order valence-corrected chi connectivity index (χ1v) is 14.1. The van der Waals surface area contributed by atoms with Gasteiger partial charge in [-0.05, 0) is 94.2 Å². The fraction of sp³-hybridized carbons (Fsp3) is 0.724. The number of ether oxygens (including phenoxy) is 1. The lowest BCUT2D eigenvalue weighted by atomic mass is 9.61. The highest BCUT2D eigenvalue weighted by Gasteiger charge is 2.56. The van der Waals surface area contributed by atoms with Gasteiger partial charge in [0, 0.05) is 30.9 Å². The van der Waals surface area contributed by atoms with Crippen LogP contribution < -0.4 is 10.2 Å². The van der Waals surface area contributed by atoms with Gasteiger partial charge in [-0.2, -0.15) is 0 Å². The smallest absolute Gasteiger partial charge is 0.411 e. The minimum atomic E-state index is -0.593. The maximum atomic E-state index is 15.2. The molecule has 0 radical (unpaired) electrons. The van der Waals surface area contributed by atoms with E-state index in [2.05, 4.69) is 24.1 Å². The summed E-state index contributed by atoms with van der Waals surface area (Å²) >= 11 is 0. The fourth-order valence-electron chi connectivity index (χ4n) is 7.90. The Balaban J connectivity index is 1.29. The van der Waals surface area contributed by atoms with Crippen LogP contribution in [0.1, 0.15) is 72.1 Å². The van der Waals surface area contributed by atoms with Gasteiger partial charge in [-0.25, -0.2) is 9.18 Å². The van der Waals surface area contributed by atoms with Crippen LogP contribution in [0, 0.1) is 29.0 Å². The molecule has 2 amide bonds. The van der Waals surface area contributed by atoms with Gasteiger partial charge in [0.1, 0.15) is 5.82 Å². The normalized spacial score (nSPS) is 35.6. The largest absolute Gasteiger partial charge is 0.449 e. The number of fused-ring (bicyclic) bond motifs is 2. The molecule has 2 N–H and O–H groups in total. The quantitative estimate of drug-likeness (QED) is 0.565. The third-order valence-electron chi connectivity index (χ3n) is 9.55. The van der Waals surface area contributed by atoms with Crippen molar-refractivity contribution in [3.8, 4) is 0 Å². The molecule has 2 saturated carbocycles. The molecule has 7 nitrogen and oxygen atoms in total. The van der Waals surface area contributed by atoms with Crippen LogP contribution in [-0.4, -0.2) is 59.9 Å². The number of amides is 2. The van der Waals surface area contributed by atoms with E-state index >= 15 is 4.39 Å². The summed E-state index contributed by atoms with van der Waals surface area (Å²) in [5, 5.41) is 13.4. The molecule has 37 heavy (non-hydrogen) atoms. The van der Waals surface area contributed by atoms with E-state index in [1.54, 1.807) is 12.1 Å². The van der Waals surface area contributed by atoms with Crippen LogP contribution in [-0.2, 0) is 9.53 Å². The van der Waals surface area contributed by atoms with Crippen LogP contribution >= 0.6 is 0 Å². The Morgan fingerprint density at radius 2 is 2.05 bits per heavy atom. The summed E-state index contributed by atoms with van der Waals surface area (Å²) in [6.45, 7) is 8.54. The van der Waals surface area contributed by atoms with Crippen molar-refractivity contribution in [1.82, 2.24) is 4.90 Å². The monoisotopic (exact) mass is 515 g/mol. The summed E-state index contributed by atoms with van der Waals surface area (Å²) in [7, 11) is 0. The third-order valence-corrected chi connectivity index (χ3v) is 9.55. The van der Waals surface area contributed by atoms with Crippen molar-refractivity contribution in [2.75, 3.05) is 36.5 Å². The van der Waals surface area contributed by atoms with E-state index in [1.807, 2.05) is 11.8 Å². The molecule has 6 unspecified atom stereocenters. The Bertz CT molecular complexity index is 1030. The number of likely N-dealkylation sites (tertiary alicyclic amines) is 1. The van der Waals surface area contributed by atoms with Crippen LogP contribution in [0.25, 0.3) is 0 Å². The van der Waals surface area contributed by atoms with Gasteiger partial charge in [0.25, 0.3) is 0 Å². The van der Waals surface area contributed by atoms with Crippen molar-refractivity contribution in [1.29, 1.82) is 0 Å². The van der Waals surface area contributed by atoms with Gasteiger partial charge in [-0.3, -0.25) is 10.1 Å². The highest BCUT2D eigenvalue weighted by molar-refractivity contribution is 5.87. The summed E-state index contributed by atoms with van der Waals surface area (Å²) < 4.78 is 20.2. The van der Waals surface area contributed by atoms with Gasteiger partial charge in [0.05, 0.1) is 23.8 Å². The standard InChI is InChI=1S/C29H42FN3O4/c1-4-12-37-27(36)31-22-6-7-24(23(30)15-22)32-10-5-8-29(18-32)9-11-33(26(29)35)28(3)16-20-13-19(2)25(34)21(14-20)17-28/h6-7,15,19-21,25,34H,4-5,8-14,16-18H2,1-3H3,(H,31,36). The predicted octanol–water partition coefficient (Wildman–Crippen LogP) is 5.18. The second kappa shape index (κ2) is 10.1. The van der Waals surface area contributed by atoms with Crippen molar-refractivity contribution in [3.05, 3.63) is 24.0 Å². The third kappa shape index (κ3) is 4.93. The Morgan fingerprint density at radius 3 is 2.81 bits per heavy atom. The number of carbonyl (C=O) groups excluding carboxylic acids is 2. The van der Waals surface area contributed by atoms with Crippen molar-refractivity contribution in [2.45, 2.75) is 83.8 Å². The number of hydrogen-bond donors (Lipinski definition) is 2. The molecule has 1 spiro atoms. The number of nitrogens with one attached hydrogen (secondary N) is 1. The molecule has 4 fully saturated rings. The summed E-state index contributed by atoms with van der Waals surface area (Å²) in [6, 6.07) is 4.69. The lowest BCUT2D eigenvalue weighted by Crippen LogP contribution is -2.58. The van der Waals surface area contributed by atoms with Crippen LogP contribution in [0.15, 0.2) is 18.2 Å². The Morgan fingerprint density at radius 1 is 1.24 bits per heavy atom. The number of hydrogen-bond acceptors (Lipinski definition) is 5. The van der Waals surface area contributed by atoms with E-state index in [1.165, 1.54) is 6.07 Å². The summed E-state index contributed by atoms with van der Waals surface area (Å²) in [5.41, 5.74) is 0.105. The van der Waals surface area contributed by atoms with Crippen molar-refractivity contribution in [3.63, 3.8) is 0 Å². The van der Waals surface area contributed by atoms with E-state index in [0.29, 0.717) is 42.9 Å². The lowest BCUT2D eigenvalue weighted by molar-refractivity contribution is -0.147. The first-order chi connectivity index (χ1) is 17.6. The molecule has 4 aliphatic rings. The first-order valence-electron chi connectivity index (χ1n) is 14.1. The zero-order valence-electron chi connectivity index (χ0n) is 22.5. The Labute approximate surface area is 219 Å². The molecular weight excluding hydrogens is 473 g/mol. The van der Waals surface area contributed by atoms with E-state index < -0.39 is 17.3 Å². The van der Waals surface area contributed by atoms with Gasteiger partial charge < -0.3 is 19.6 Å². The number of carbonyl (C=O) groups is 2. The molecule has 5 rings (SSSR count).